The van der Waals surface area contributed by atoms with Crippen LogP contribution in [0.25, 0.3) is 0 Å². The van der Waals surface area contributed by atoms with Crippen LogP contribution in [0.2, 0.25) is 0 Å². The van der Waals surface area contributed by atoms with E-state index in [0.717, 1.165) is 23.3 Å². The van der Waals surface area contributed by atoms with Crippen LogP contribution in [0.15, 0.2) is 66.9 Å². The number of ether oxygens (including phenoxy) is 3. The Balaban J connectivity index is 1.79. The predicted molar refractivity (Wildman–Crippen MR) is 166 cm³/mol. The number of aromatic nitrogens is 1. The Kier molecular flexibility index (Phi) is 11.6. The van der Waals surface area contributed by atoms with E-state index < -0.39 is 34.9 Å². The molecule has 2 aromatic carbocycles. The molecule has 2 unspecified atom stereocenters. The highest BCUT2D eigenvalue weighted by Crippen LogP contribution is 2.31. The van der Waals surface area contributed by atoms with Crippen LogP contribution in [0.4, 0.5) is 13.2 Å². The first-order chi connectivity index (χ1) is 21.0. The van der Waals surface area contributed by atoms with Crippen molar-refractivity contribution in [2.24, 2.45) is 0 Å². The monoisotopic (exact) mass is 625 g/mol. The summed E-state index contributed by atoms with van der Waals surface area (Å²) in [7, 11) is 0. The maximum Gasteiger partial charge on any atom is 0.417 e. The summed E-state index contributed by atoms with van der Waals surface area (Å²) < 4.78 is 56.6. The first kappa shape index (κ1) is 35.4. The van der Waals surface area contributed by atoms with Crippen LogP contribution in [-0.2, 0) is 22.1 Å². The first-order valence-electron chi connectivity index (χ1n) is 14.9. The second-order valence-electron chi connectivity index (χ2n) is 12.5. The molecular weight excluding hydrogens is 583 g/mol. The molecule has 0 saturated heterocycles. The number of halogens is 3. The van der Waals surface area contributed by atoms with Crippen molar-refractivity contribution in [1.29, 1.82) is 5.26 Å². The summed E-state index contributed by atoms with van der Waals surface area (Å²) in [6.07, 6.45) is -2.49. The fourth-order valence-electron chi connectivity index (χ4n) is 4.72. The highest BCUT2D eigenvalue weighted by atomic mass is 19.4. The molecular formula is C35H42F3N3O4. The lowest BCUT2D eigenvalue weighted by Gasteiger charge is -2.31. The Labute approximate surface area is 263 Å². The van der Waals surface area contributed by atoms with Crippen LogP contribution >= 0.6 is 0 Å². The summed E-state index contributed by atoms with van der Waals surface area (Å²) in [6.45, 7) is 13.5. The molecule has 3 rings (SSSR count). The van der Waals surface area contributed by atoms with Gasteiger partial charge in [0.15, 0.2) is 5.60 Å². The molecule has 1 amide bonds. The van der Waals surface area contributed by atoms with Crippen LogP contribution in [0, 0.1) is 11.3 Å². The number of nitriles is 1. The molecule has 1 N–H and O–H groups in total. The smallest absolute Gasteiger partial charge is 0.417 e. The van der Waals surface area contributed by atoms with Gasteiger partial charge < -0.3 is 19.5 Å². The second kappa shape index (κ2) is 14.8. The van der Waals surface area contributed by atoms with Gasteiger partial charge in [0.05, 0.1) is 29.9 Å². The number of alkyl halides is 3. The van der Waals surface area contributed by atoms with Crippen molar-refractivity contribution in [2.75, 3.05) is 6.61 Å². The molecule has 2 atom stereocenters. The number of nitrogens with zero attached hydrogens (tertiary/aromatic N) is 2. The molecule has 0 aliphatic heterocycles. The van der Waals surface area contributed by atoms with Gasteiger partial charge in [0.25, 0.3) is 5.91 Å². The minimum Gasteiger partial charge on any atom is -0.488 e. The molecule has 0 aliphatic rings. The zero-order valence-corrected chi connectivity index (χ0v) is 26.9. The maximum atomic E-state index is 13.4. The number of hydrogen-bond donors (Lipinski definition) is 1. The van der Waals surface area contributed by atoms with Gasteiger partial charge in [-0.2, -0.15) is 18.4 Å². The zero-order valence-electron chi connectivity index (χ0n) is 26.9. The lowest BCUT2D eigenvalue weighted by Crippen LogP contribution is -2.51. The highest BCUT2D eigenvalue weighted by Gasteiger charge is 2.35. The minimum absolute atomic E-state index is 0.107. The van der Waals surface area contributed by atoms with Gasteiger partial charge in [-0.1, -0.05) is 24.3 Å². The SMILES string of the molecule is CC(C)OCCC(C)(C)Oc1cccc(CC(c2cccc(C#N)c2)C(C)NC(=O)C(C)(C)Oc2ccc(C(F)(F)F)cn2)c1. The summed E-state index contributed by atoms with van der Waals surface area (Å²) in [6, 6.07) is 18.7. The molecule has 0 bridgehead atoms. The lowest BCUT2D eigenvalue weighted by molar-refractivity contribution is -0.138. The number of carbonyl (C=O) groups is 1. The average Bonchev–Trinajstić information content (AvgIpc) is 2.95. The average molecular weight is 626 g/mol. The second-order valence-corrected chi connectivity index (χ2v) is 12.5. The number of benzene rings is 2. The van der Waals surface area contributed by atoms with Crippen molar-refractivity contribution in [1.82, 2.24) is 10.3 Å². The largest absolute Gasteiger partial charge is 0.488 e. The summed E-state index contributed by atoms with van der Waals surface area (Å²) in [5, 5.41) is 12.6. The van der Waals surface area contributed by atoms with E-state index in [4.69, 9.17) is 14.2 Å². The number of rotatable bonds is 14. The third-order valence-corrected chi connectivity index (χ3v) is 7.28. The minimum atomic E-state index is -4.53. The van der Waals surface area contributed by atoms with Crippen LogP contribution in [0.1, 0.15) is 83.1 Å². The van der Waals surface area contributed by atoms with Crippen molar-refractivity contribution >= 4 is 5.91 Å². The molecule has 7 nitrogen and oxygen atoms in total. The lowest BCUT2D eigenvalue weighted by atomic mass is 9.85. The van der Waals surface area contributed by atoms with E-state index in [1.54, 1.807) is 18.2 Å². The maximum absolute atomic E-state index is 13.4. The van der Waals surface area contributed by atoms with Gasteiger partial charge in [0.1, 0.15) is 11.4 Å². The summed E-state index contributed by atoms with van der Waals surface area (Å²) >= 11 is 0. The Bertz CT molecular complexity index is 1460. The fraction of sp³-hybridized carbons (Fsp3) is 0.457. The van der Waals surface area contributed by atoms with Crippen molar-refractivity contribution < 1.29 is 32.2 Å². The summed E-state index contributed by atoms with van der Waals surface area (Å²) in [5.74, 6) is -0.114. The molecule has 0 fully saturated rings. The normalized spacial score (nSPS) is 13.6. The molecule has 3 aromatic rings. The van der Waals surface area contributed by atoms with Gasteiger partial charge in [0.2, 0.25) is 5.88 Å². The number of pyridine rings is 1. The van der Waals surface area contributed by atoms with Crippen LogP contribution in [0.5, 0.6) is 11.6 Å². The summed E-state index contributed by atoms with van der Waals surface area (Å²) in [5.41, 5.74) is -0.481. The van der Waals surface area contributed by atoms with Gasteiger partial charge >= 0.3 is 6.18 Å². The molecule has 1 heterocycles. The number of hydrogen-bond acceptors (Lipinski definition) is 6. The van der Waals surface area contributed by atoms with Gasteiger partial charge in [-0.15, -0.1) is 0 Å². The number of nitrogens with one attached hydrogen (secondary N) is 1. The van der Waals surface area contributed by atoms with Crippen molar-refractivity contribution in [2.45, 2.75) is 96.7 Å². The van der Waals surface area contributed by atoms with E-state index in [2.05, 4.69) is 16.4 Å². The molecule has 0 spiro atoms. The molecule has 45 heavy (non-hydrogen) atoms. The van der Waals surface area contributed by atoms with Gasteiger partial charge in [0, 0.05) is 30.6 Å². The topological polar surface area (TPSA) is 93.5 Å². The fourth-order valence-corrected chi connectivity index (χ4v) is 4.72. The molecule has 0 aliphatic carbocycles. The number of carbonyl (C=O) groups excluding carboxylic acids is 1. The van der Waals surface area contributed by atoms with Crippen LogP contribution < -0.4 is 14.8 Å². The van der Waals surface area contributed by atoms with Gasteiger partial charge in [-0.25, -0.2) is 4.98 Å². The van der Waals surface area contributed by atoms with E-state index in [0.29, 0.717) is 37.0 Å². The van der Waals surface area contributed by atoms with Gasteiger partial charge in [-0.3, -0.25) is 4.79 Å². The van der Waals surface area contributed by atoms with Crippen molar-refractivity contribution in [3.8, 4) is 17.7 Å². The Morgan fingerprint density at radius 1 is 0.978 bits per heavy atom. The summed E-state index contributed by atoms with van der Waals surface area (Å²) in [4.78, 5) is 17.2. The van der Waals surface area contributed by atoms with E-state index >= 15 is 0 Å². The van der Waals surface area contributed by atoms with E-state index in [-0.39, 0.29) is 17.9 Å². The van der Waals surface area contributed by atoms with Crippen molar-refractivity contribution in [3.63, 3.8) is 0 Å². The van der Waals surface area contributed by atoms with Crippen LogP contribution in [0.3, 0.4) is 0 Å². The van der Waals surface area contributed by atoms with Crippen LogP contribution in [-0.4, -0.2) is 40.8 Å². The Morgan fingerprint density at radius 2 is 1.69 bits per heavy atom. The third-order valence-electron chi connectivity index (χ3n) is 7.28. The van der Waals surface area contributed by atoms with E-state index in [1.165, 1.54) is 13.8 Å². The standard InChI is InChI=1S/C35H42F3N3O4/c1-23(2)43-17-16-33(4,5)44-29-13-9-10-25(19-29)20-30(27-12-8-11-26(18-27)21-39)24(3)41-32(42)34(6,7)45-31-15-14-28(22-40-31)35(36,37)38/h8-15,18-19,22-24,30H,16-17,20H2,1-7H3,(H,41,42). The Hall–Kier alpha value is -4.10. The highest BCUT2D eigenvalue weighted by molar-refractivity contribution is 5.85. The van der Waals surface area contributed by atoms with Gasteiger partial charge in [-0.05, 0) is 96.3 Å². The quantitative estimate of drug-likeness (QED) is 0.198. The number of amides is 1. The van der Waals surface area contributed by atoms with E-state index in [9.17, 15) is 23.2 Å². The molecule has 0 radical (unpaired) electrons. The van der Waals surface area contributed by atoms with E-state index in [1.807, 2.05) is 65.0 Å². The zero-order chi connectivity index (χ0) is 33.4. The third kappa shape index (κ3) is 10.8. The molecule has 1 aromatic heterocycles. The van der Waals surface area contributed by atoms with Crippen molar-refractivity contribution in [3.05, 3.63) is 89.1 Å². The molecule has 10 heteroatoms. The first-order valence-corrected chi connectivity index (χ1v) is 14.9. The molecule has 242 valence electrons. The Morgan fingerprint density at radius 3 is 2.31 bits per heavy atom. The predicted octanol–water partition coefficient (Wildman–Crippen LogP) is 7.63. The molecule has 0 saturated carbocycles.